The number of primary amides is 1. The third-order valence-electron chi connectivity index (χ3n) is 2.26. The van der Waals surface area contributed by atoms with Gasteiger partial charge in [0.25, 0.3) is 10.0 Å². The molecule has 0 aliphatic rings. The van der Waals surface area contributed by atoms with Crippen molar-refractivity contribution in [2.45, 2.75) is 25.2 Å². The summed E-state index contributed by atoms with van der Waals surface area (Å²) in [6, 6.07) is 6.49. The van der Waals surface area contributed by atoms with E-state index in [1.807, 2.05) is 4.89 Å². The van der Waals surface area contributed by atoms with Crippen molar-refractivity contribution in [1.29, 1.82) is 0 Å². The smallest absolute Gasteiger partial charge is 0.262 e. The molecule has 1 rings (SSSR count). The number of sulfonamides is 1. The summed E-state index contributed by atoms with van der Waals surface area (Å²) in [5, 5.41) is 0. The number of rotatable bonds is 7. The Morgan fingerprint density at radius 3 is 2.37 bits per heavy atom. The summed E-state index contributed by atoms with van der Waals surface area (Å²) < 4.78 is 23.5. The molecule has 0 saturated carbocycles. The monoisotopic (exact) mass is 286 g/mol. The largest absolute Gasteiger partial charge is 0.368 e. The molecule has 3 N–H and O–H groups in total. The van der Waals surface area contributed by atoms with E-state index in [1.165, 1.54) is 12.1 Å². The van der Waals surface area contributed by atoms with Crippen LogP contribution in [-0.2, 0) is 26.1 Å². The van der Waals surface area contributed by atoms with E-state index in [1.54, 1.807) is 12.1 Å². The summed E-state index contributed by atoms with van der Waals surface area (Å²) in [5.74, 6) is -0.255. The van der Waals surface area contributed by atoms with Gasteiger partial charge in [-0.3, -0.25) is 9.63 Å². The van der Waals surface area contributed by atoms with Crippen molar-refractivity contribution in [1.82, 2.24) is 4.89 Å². The van der Waals surface area contributed by atoms with Gasteiger partial charge < -0.3 is 5.73 Å². The third-order valence-corrected chi connectivity index (χ3v) is 3.49. The van der Waals surface area contributed by atoms with Gasteiger partial charge in [-0.05, 0) is 30.0 Å². The van der Waals surface area contributed by atoms with Crippen molar-refractivity contribution in [2.24, 2.45) is 11.7 Å². The molecule has 0 unspecified atom stereocenters. The first-order valence-electron chi connectivity index (χ1n) is 5.82. The van der Waals surface area contributed by atoms with Crippen LogP contribution in [0.4, 0.5) is 0 Å². The maximum absolute atomic E-state index is 11.8. The molecule has 0 aliphatic heterocycles. The molecule has 0 saturated heterocycles. The third kappa shape index (κ3) is 5.37. The first-order chi connectivity index (χ1) is 8.81. The molecule has 0 spiro atoms. The van der Waals surface area contributed by atoms with Crippen LogP contribution in [0.15, 0.2) is 29.2 Å². The SMILES string of the molecule is CC(C)Cc1ccc(S(=O)(=O)NOCC(N)=O)cc1. The molecule has 0 bridgehead atoms. The molecule has 0 aromatic heterocycles. The van der Waals surface area contributed by atoms with Crippen LogP contribution in [0.25, 0.3) is 0 Å². The summed E-state index contributed by atoms with van der Waals surface area (Å²) in [5.41, 5.74) is 5.89. The molecular formula is C12H18N2O4S. The molecular weight excluding hydrogens is 268 g/mol. The Hall–Kier alpha value is -1.44. The van der Waals surface area contributed by atoms with Gasteiger partial charge in [-0.1, -0.05) is 30.9 Å². The molecule has 1 amide bonds. The summed E-state index contributed by atoms with van der Waals surface area (Å²) in [7, 11) is -3.78. The van der Waals surface area contributed by atoms with Crippen LogP contribution in [-0.4, -0.2) is 20.9 Å². The van der Waals surface area contributed by atoms with Gasteiger partial charge in [-0.25, -0.2) is 8.42 Å². The lowest BCUT2D eigenvalue weighted by Crippen LogP contribution is -2.29. The van der Waals surface area contributed by atoms with Crippen LogP contribution >= 0.6 is 0 Å². The summed E-state index contributed by atoms with van der Waals surface area (Å²) >= 11 is 0. The second-order valence-corrected chi connectivity index (χ2v) is 6.23. The van der Waals surface area contributed by atoms with Crippen LogP contribution in [0.5, 0.6) is 0 Å². The van der Waals surface area contributed by atoms with Gasteiger partial charge in [0.1, 0.15) is 6.61 Å². The fraction of sp³-hybridized carbons (Fsp3) is 0.417. The molecule has 106 valence electrons. The van der Waals surface area contributed by atoms with Crippen LogP contribution in [0.1, 0.15) is 19.4 Å². The molecule has 0 fully saturated rings. The highest BCUT2D eigenvalue weighted by Gasteiger charge is 2.14. The predicted molar refractivity (Wildman–Crippen MR) is 70.5 cm³/mol. The Morgan fingerprint density at radius 1 is 1.32 bits per heavy atom. The number of hydrogen-bond acceptors (Lipinski definition) is 4. The average Bonchev–Trinajstić information content (AvgIpc) is 2.28. The van der Waals surface area contributed by atoms with E-state index in [9.17, 15) is 13.2 Å². The minimum atomic E-state index is -3.78. The van der Waals surface area contributed by atoms with Crippen molar-refractivity contribution in [3.05, 3.63) is 29.8 Å². The predicted octanol–water partition coefficient (Wildman–Crippen LogP) is 0.580. The zero-order chi connectivity index (χ0) is 14.5. The lowest BCUT2D eigenvalue weighted by Gasteiger charge is -2.08. The number of carbonyl (C=O) groups excluding carboxylic acids is 1. The van der Waals surface area contributed by atoms with Crippen LogP contribution in [0, 0.1) is 5.92 Å². The topological polar surface area (TPSA) is 98.5 Å². The Labute approximate surface area is 113 Å². The molecule has 0 aliphatic carbocycles. The second-order valence-electron chi connectivity index (χ2n) is 4.58. The molecule has 7 heteroatoms. The van der Waals surface area contributed by atoms with Gasteiger partial charge in [0.2, 0.25) is 5.91 Å². The van der Waals surface area contributed by atoms with E-state index in [4.69, 9.17) is 5.73 Å². The van der Waals surface area contributed by atoms with E-state index in [0.717, 1.165) is 12.0 Å². The highest BCUT2D eigenvalue weighted by molar-refractivity contribution is 7.89. The van der Waals surface area contributed by atoms with Crippen molar-refractivity contribution in [2.75, 3.05) is 6.61 Å². The highest BCUT2D eigenvalue weighted by atomic mass is 32.2. The van der Waals surface area contributed by atoms with Gasteiger partial charge in [0.05, 0.1) is 4.90 Å². The van der Waals surface area contributed by atoms with Gasteiger partial charge in [0, 0.05) is 0 Å². The van der Waals surface area contributed by atoms with Crippen LogP contribution < -0.4 is 10.6 Å². The lowest BCUT2D eigenvalue weighted by atomic mass is 10.0. The van der Waals surface area contributed by atoms with E-state index in [0.29, 0.717) is 5.92 Å². The molecule has 6 nitrogen and oxygen atoms in total. The summed E-state index contributed by atoms with van der Waals surface area (Å²) in [6.07, 6.45) is 0.881. The Bertz CT molecular complexity index is 523. The quantitative estimate of drug-likeness (QED) is 0.716. The van der Waals surface area contributed by atoms with Crippen molar-refractivity contribution < 1.29 is 18.0 Å². The lowest BCUT2D eigenvalue weighted by molar-refractivity contribution is -0.123. The number of nitrogens with one attached hydrogen (secondary N) is 1. The number of nitrogens with two attached hydrogens (primary N) is 1. The zero-order valence-corrected chi connectivity index (χ0v) is 11.7. The van der Waals surface area contributed by atoms with Crippen molar-refractivity contribution in [3.63, 3.8) is 0 Å². The molecule has 0 heterocycles. The van der Waals surface area contributed by atoms with E-state index < -0.39 is 22.5 Å². The highest BCUT2D eigenvalue weighted by Crippen LogP contribution is 2.13. The first kappa shape index (κ1) is 15.6. The standard InChI is InChI=1S/C12H18N2O4S/c1-9(2)7-10-3-5-11(6-4-10)19(16,17)14-18-8-12(13)15/h3-6,9,14H,7-8H2,1-2H3,(H2,13,15). The number of amides is 1. The maximum atomic E-state index is 11.8. The Morgan fingerprint density at radius 2 is 1.89 bits per heavy atom. The minimum Gasteiger partial charge on any atom is -0.368 e. The number of benzene rings is 1. The van der Waals surface area contributed by atoms with Crippen LogP contribution in [0.2, 0.25) is 0 Å². The summed E-state index contributed by atoms with van der Waals surface area (Å²) in [6.45, 7) is 3.67. The normalized spacial score (nSPS) is 11.7. The molecule has 0 radical (unpaired) electrons. The molecule has 1 aromatic rings. The Balaban J connectivity index is 2.70. The maximum Gasteiger partial charge on any atom is 0.262 e. The molecule has 1 aromatic carbocycles. The number of hydrogen-bond donors (Lipinski definition) is 2. The molecule has 19 heavy (non-hydrogen) atoms. The minimum absolute atomic E-state index is 0.0736. The van der Waals surface area contributed by atoms with Gasteiger partial charge in [-0.15, -0.1) is 0 Å². The summed E-state index contributed by atoms with van der Waals surface area (Å²) in [4.78, 5) is 16.8. The van der Waals surface area contributed by atoms with E-state index in [2.05, 4.69) is 18.7 Å². The number of carbonyl (C=O) groups is 1. The first-order valence-corrected chi connectivity index (χ1v) is 7.30. The van der Waals surface area contributed by atoms with Crippen LogP contribution in [0.3, 0.4) is 0 Å². The fourth-order valence-electron chi connectivity index (χ4n) is 1.50. The van der Waals surface area contributed by atoms with E-state index >= 15 is 0 Å². The van der Waals surface area contributed by atoms with Gasteiger partial charge >= 0.3 is 0 Å². The fourth-order valence-corrected chi connectivity index (χ4v) is 2.31. The molecule has 0 atom stereocenters. The van der Waals surface area contributed by atoms with Crippen molar-refractivity contribution in [3.8, 4) is 0 Å². The van der Waals surface area contributed by atoms with E-state index in [-0.39, 0.29) is 4.90 Å². The van der Waals surface area contributed by atoms with Crippen molar-refractivity contribution >= 4 is 15.9 Å². The Kier molecular flexibility index (Phi) is 5.46. The second kappa shape index (κ2) is 6.65. The van der Waals surface area contributed by atoms with Gasteiger partial charge in [0.15, 0.2) is 0 Å². The van der Waals surface area contributed by atoms with Gasteiger partial charge in [-0.2, -0.15) is 0 Å². The zero-order valence-electron chi connectivity index (χ0n) is 10.9. The average molecular weight is 286 g/mol.